The predicted octanol–water partition coefficient (Wildman–Crippen LogP) is 2.03. The summed E-state index contributed by atoms with van der Waals surface area (Å²) in [5.74, 6) is 0. The van der Waals surface area contributed by atoms with E-state index in [4.69, 9.17) is 0 Å². The van der Waals surface area contributed by atoms with Gasteiger partial charge in [0.1, 0.15) is 0 Å². The van der Waals surface area contributed by atoms with Crippen LogP contribution in [0.4, 0.5) is 5.69 Å². The number of hydrogen-bond acceptors (Lipinski definition) is 2. The molecule has 2 rings (SSSR count). The highest BCUT2D eigenvalue weighted by atomic mass is 15.0. The van der Waals surface area contributed by atoms with Crippen molar-refractivity contribution in [2.45, 2.75) is 6.54 Å². The first-order chi connectivity index (χ1) is 6.86. The molecule has 0 atom stereocenters. The van der Waals surface area contributed by atoms with E-state index in [9.17, 15) is 0 Å². The Balaban J connectivity index is 1.99. The fourth-order valence-corrected chi connectivity index (χ4v) is 1.30. The Bertz CT molecular complexity index is 392. The van der Waals surface area contributed by atoms with Crippen LogP contribution in [0, 0.1) is 0 Å². The molecule has 0 saturated carbocycles. The fourth-order valence-electron chi connectivity index (χ4n) is 1.30. The second-order valence-corrected chi connectivity index (χ2v) is 3.22. The first-order valence-corrected chi connectivity index (χ1v) is 4.60. The van der Waals surface area contributed by atoms with Crippen LogP contribution in [0.2, 0.25) is 0 Å². The van der Waals surface area contributed by atoms with Crippen LogP contribution in [0.15, 0.2) is 42.9 Å². The van der Waals surface area contributed by atoms with E-state index >= 15 is 0 Å². The summed E-state index contributed by atoms with van der Waals surface area (Å²) < 4.78 is 2.01. The van der Waals surface area contributed by atoms with E-state index in [0.717, 1.165) is 12.2 Å². The second-order valence-electron chi connectivity index (χ2n) is 3.22. The molecular weight excluding hydrogens is 174 g/mol. The number of para-hydroxylation sites is 1. The fraction of sp³-hybridized carbons (Fsp3) is 0.182. The average Bonchev–Trinajstić information content (AvgIpc) is 2.63. The molecule has 0 saturated heterocycles. The molecule has 2 aromatic rings. The van der Waals surface area contributed by atoms with Gasteiger partial charge >= 0.3 is 0 Å². The van der Waals surface area contributed by atoms with E-state index in [0.29, 0.717) is 0 Å². The Hall–Kier alpha value is -1.77. The summed E-state index contributed by atoms with van der Waals surface area (Å²) >= 11 is 0. The minimum absolute atomic E-state index is 0.806. The van der Waals surface area contributed by atoms with Gasteiger partial charge in [0.05, 0.1) is 18.6 Å². The van der Waals surface area contributed by atoms with Crippen molar-refractivity contribution in [2.75, 3.05) is 5.32 Å². The average molecular weight is 187 g/mol. The second kappa shape index (κ2) is 3.96. The van der Waals surface area contributed by atoms with Crippen molar-refractivity contribution < 1.29 is 0 Å². The first kappa shape index (κ1) is 8.81. The van der Waals surface area contributed by atoms with E-state index in [1.807, 2.05) is 42.3 Å². The molecule has 0 radical (unpaired) electrons. The molecule has 0 bridgehead atoms. The zero-order chi connectivity index (χ0) is 9.80. The normalized spacial score (nSPS) is 10.1. The molecule has 3 nitrogen and oxygen atoms in total. The minimum Gasteiger partial charge on any atom is -0.379 e. The van der Waals surface area contributed by atoms with Gasteiger partial charge in [-0.15, -0.1) is 0 Å². The van der Waals surface area contributed by atoms with Crippen molar-refractivity contribution in [1.29, 1.82) is 0 Å². The van der Waals surface area contributed by atoms with Crippen molar-refractivity contribution in [1.82, 2.24) is 9.55 Å². The number of imidazole rings is 1. The molecule has 0 aliphatic heterocycles. The standard InChI is InChI=1S/C11H13N3/c1-14-9-12-7-11(14)8-13-10-5-3-2-4-6-10/h2-7,9,13H,8H2,1H3. The number of benzene rings is 1. The van der Waals surface area contributed by atoms with Crippen molar-refractivity contribution in [3.8, 4) is 0 Å². The summed E-state index contributed by atoms with van der Waals surface area (Å²) in [6, 6.07) is 10.2. The van der Waals surface area contributed by atoms with Crippen LogP contribution in [0.3, 0.4) is 0 Å². The molecule has 0 unspecified atom stereocenters. The van der Waals surface area contributed by atoms with Crippen LogP contribution in [0.5, 0.6) is 0 Å². The van der Waals surface area contributed by atoms with Gasteiger partial charge in [-0.25, -0.2) is 4.98 Å². The van der Waals surface area contributed by atoms with Crippen LogP contribution in [-0.4, -0.2) is 9.55 Å². The highest BCUT2D eigenvalue weighted by molar-refractivity contribution is 5.42. The van der Waals surface area contributed by atoms with Gasteiger partial charge in [-0.2, -0.15) is 0 Å². The monoisotopic (exact) mass is 187 g/mol. The maximum atomic E-state index is 4.06. The lowest BCUT2D eigenvalue weighted by molar-refractivity contribution is 0.837. The molecule has 3 heteroatoms. The van der Waals surface area contributed by atoms with Gasteiger partial charge in [-0.1, -0.05) is 18.2 Å². The third-order valence-electron chi connectivity index (χ3n) is 2.16. The lowest BCUT2D eigenvalue weighted by atomic mass is 10.3. The lowest BCUT2D eigenvalue weighted by Gasteiger charge is -2.05. The number of anilines is 1. The van der Waals surface area contributed by atoms with Gasteiger partial charge in [0.15, 0.2) is 0 Å². The number of aromatic nitrogens is 2. The molecule has 1 aromatic carbocycles. The number of nitrogens with one attached hydrogen (secondary N) is 1. The van der Waals surface area contributed by atoms with Crippen molar-refractivity contribution >= 4 is 5.69 Å². The van der Waals surface area contributed by atoms with Gasteiger partial charge in [0.2, 0.25) is 0 Å². The lowest BCUT2D eigenvalue weighted by Crippen LogP contribution is -2.03. The molecule has 0 spiro atoms. The van der Waals surface area contributed by atoms with Crippen molar-refractivity contribution in [2.24, 2.45) is 7.05 Å². The van der Waals surface area contributed by atoms with Crippen LogP contribution in [0.1, 0.15) is 5.69 Å². The summed E-state index contributed by atoms with van der Waals surface area (Å²) in [5.41, 5.74) is 2.31. The number of hydrogen-bond donors (Lipinski definition) is 1. The van der Waals surface area contributed by atoms with Crippen LogP contribution < -0.4 is 5.32 Å². The highest BCUT2D eigenvalue weighted by Gasteiger charge is 1.96. The van der Waals surface area contributed by atoms with E-state index in [1.165, 1.54) is 5.69 Å². The number of nitrogens with zero attached hydrogens (tertiary/aromatic N) is 2. The summed E-state index contributed by atoms with van der Waals surface area (Å²) in [6.07, 6.45) is 3.68. The van der Waals surface area contributed by atoms with Gasteiger partial charge < -0.3 is 9.88 Å². The molecule has 1 aromatic heterocycles. The number of rotatable bonds is 3. The van der Waals surface area contributed by atoms with Gasteiger partial charge in [0.25, 0.3) is 0 Å². The highest BCUT2D eigenvalue weighted by Crippen LogP contribution is 2.07. The van der Waals surface area contributed by atoms with Gasteiger partial charge in [-0.3, -0.25) is 0 Å². The molecule has 1 heterocycles. The summed E-state index contributed by atoms with van der Waals surface area (Å²) in [6.45, 7) is 0.806. The maximum Gasteiger partial charge on any atom is 0.0946 e. The van der Waals surface area contributed by atoms with E-state index in [1.54, 1.807) is 0 Å². The largest absolute Gasteiger partial charge is 0.379 e. The first-order valence-electron chi connectivity index (χ1n) is 4.60. The Morgan fingerprint density at radius 1 is 1.29 bits per heavy atom. The molecule has 0 amide bonds. The smallest absolute Gasteiger partial charge is 0.0946 e. The summed E-state index contributed by atoms with van der Waals surface area (Å²) in [5, 5.41) is 3.33. The predicted molar refractivity (Wildman–Crippen MR) is 57.0 cm³/mol. The van der Waals surface area contributed by atoms with Crippen molar-refractivity contribution in [3.05, 3.63) is 48.5 Å². The number of aryl methyl sites for hydroxylation is 1. The Kier molecular flexibility index (Phi) is 2.49. The third-order valence-corrected chi connectivity index (χ3v) is 2.16. The van der Waals surface area contributed by atoms with Crippen LogP contribution in [0.25, 0.3) is 0 Å². The zero-order valence-corrected chi connectivity index (χ0v) is 8.14. The molecule has 72 valence electrons. The third kappa shape index (κ3) is 1.93. The molecule has 0 aliphatic carbocycles. The topological polar surface area (TPSA) is 29.9 Å². The molecule has 1 N–H and O–H groups in total. The van der Waals surface area contributed by atoms with E-state index in [-0.39, 0.29) is 0 Å². The summed E-state index contributed by atoms with van der Waals surface area (Å²) in [4.78, 5) is 4.06. The van der Waals surface area contributed by atoms with Crippen LogP contribution >= 0.6 is 0 Å². The Morgan fingerprint density at radius 2 is 2.07 bits per heavy atom. The minimum atomic E-state index is 0.806. The molecule has 14 heavy (non-hydrogen) atoms. The molecule has 0 fully saturated rings. The Morgan fingerprint density at radius 3 is 2.71 bits per heavy atom. The Labute approximate surface area is 83.4 Å². The van der Waals surface area contributed by atoms with E-state index < -0.39 is 0 Å². The molecular formula is C11H13N3. The van der Waals surface area contributed by atoms with Gasteiger partial charge in [-0.05, 0) is 12.1 Å². The molecule has 0 aliphatic rings. The zero-order valence-electron chi connectivity index (χ0n) is 8.14. The van der Waals surface area contributed by atoms with Crippen LogP contribution in [-0.2, 0) is 13.6 Å². The van der Waals surface area contributed by atoms with Gasteiger partial charge in [0, 0.05) is 18.9 Å². The summed E-state index contributed by atoms with van der Waals surface area (Å²) in [7, 11) is 2.00. The quantitative estimate of drug-likeness (QED) is 0.796. The van der Waals surface area contributed by atoms with Crippen molar-refractivity contribution in [3.63, 3.8) is 0 Å². The SMILES string of the molecule is Cn1cncc1CNc1ccccc1. The maximum absolute atomic E-state index is 4.06. The van der Waals surface area contributed by atoms with E-state index in [2.05, 4.69) is 22.4 Å².